The molecule has 1 rings (SSSR count). The zero-order chi connectivity index (χ0) is 14.3. The van der Waals surface area contributed by atoms with Crippen LogP contribution in [-0.4, -0.2) is 24.5 Å². The summed E-state index contributed by atoms with van der Waals surface area (Å²) >= 11 is 0. The molecule has 0 aromatic heterocycles. The zero-order valence-corrected chi connectivity index (χ0v) is 10.7. The molecule has 19 heavy (non-hydrogen) atoms. The number of benzene rings is 1. The van der Waals surface area contributed by atoms with Crippen molar-refractivity contribution in [3.63, 3.8) is 0 Å². The first-order valence-corrected chi connectivity index (χ1v) is 6.02. The first-order valence-electron chi connectivity index (χ1n) is 6.02. The fourth-order valence-electron chi connectivity index (χ4n) is 1.49. The van der Waals surface area contributed by atoms with Gasteiger partial charge in [0, 0.05) is 6.42 Å². The SMILES string of the molecule is CCOc1cc(CO)ccc1OCCCC(F)(F)F. The van der Waals surface area contributed by atoms with Gasteiger partial charge in [0.05, 0.1) is 19.8 Å². The lowest BCUT2D eigenvalue weighted by molar-refractivity contribution is -0.136. The summed E-state index contributed by atoms with van der Waals surface area (Å²) in [4.78, 5) is 0. The maximum atomic E-state index is 12.0. The molecule has 1 aromatic carbocycles. The Bertz CT molecular complexity index is 391. The Hall–Kier alpha value is -1.43. The number of alkyl halides is 3. The molecule has 0 aliphatic rings. The summed E-state index contributed by atoms with van der Waals surface area (Å²) in [6.45, 7) is 2.04. The quantitative estimate of drug-likeness (QED) is 0.778. The molecule has 0 atom stereocenters. The molecular formula is C13H17F3O3. The van der Waals surface area contributed by atoms with Gasteiger partial charge in [0.15, 0.2) is 11.5 Å². The maximum absolute atomic E-state index is 12.0. The van der Waals surface area contributed by atoms with Crippen LogP contribution in [0.4, 0.5) is 13.2 Å². The number of rotatable bonds is 7. The van der Waals surface area contributed by atoms with Gasteiger partial charge < -0.3 is 14.6 Å². The van der Waals surface area contributed by atoms with E-state index in [0.29, 0.717) is 23.7 Å². The number of halogens is 3. The van der Waals surface area contributed by atoms with Gasteiger partial charge >= 0.3 is 6.18 Å². The highest BCUT2D eigenvalue weighted by molar-refractivity contribution is 5.42. The highest BCUT2D eigenvalue weighted by Gasteiger charge is 2.26. The minimum absolute atomic E-state index is 0.0297. The van der Waals surface area contributed by atoms with E-state index >= 15 is 0 Å². The van der Waals surface area contributed by atoms with Crippen LogP contribution in [0.25, 0.3) is 0 Å². The molecule has 0 saturated heterocycles. The molecule has 0 aliphatic heterocycles. The zero-order valence-electron chi connectivity index (χ0n) is 10.7. The Morgan fingerprint density at radius 1 is 1.16 bits per heavy atom. The van der Waals surface area contributed by atoms with E-state index in [0.717, 1.165) is 0 Å². The molecule has 1 aromatic rings. The molecule has 0 unspecified atom stereocenters. The smallest absolute Gasteiger partial charge is 0.389 e. The molecule has 6 heteroatoms. The Kier molecular flexibility index (Phi) is 5.95. The van der Waals surface area contributed by atoms with E-state index in [1.807, 2.05) is 0 Å². The van der Waals surface area contributed by atoms with Crippen LogP contribution in [0.3, 0.4) is 0 Å². The highest BCUT2D eigenvalue weighted by atomic mass is 19.4. The van der Waals surface area contributed by atoms with Crippen molar-refractivity contribution in [2.45, 2.75) is 32.5 Å². The van der Waals surface area contributed by atoms with Crippen molar-refractivity contribution in [1.29, 1.82) is 0 Å². The molecule has 0 heterocycles. The van der Waals surface area contributed by atoms with Gasteiger partial charge in [0.1, 0.15) is 0 Å². The maximum Gasteiger partial charge on any atom is 0.389 e. The number of ether oxygens (including phenoxy) is 2. The Morgan fingerprint density at radius 2 is 1.89 bits per heavy atom. The topological polar surface area (TPSA) is 38.7 Å². The molecule has 0 fully saturated rings. The van der Waals surface area contributed by atoms with E-state index < -0.39 is 12.6 Å². The third-order valence-corrected chi connectivity index (χ3v) is 2.35. The van der Waals surface area contributed by atoms with Gasteiger partial charge in [-0.15, -0.1) is 0 Å². The summed E-state index contributed by atoms with van der Waals surface area (Å²) in [5.74, 6) is 0.822. The van der Waals surface area contributed by atoms with E-state index in [-0.39, 0.29) is 19.6 Å². The molecule has 0 amide bonds. The molecule has 1 N–H and O–H groups in total. The first kappa shape index (κ1) is 15.6. The summed E-state index contributed by atoms with van der Waals surface area (Å²) < 4.78 is 46.5. The van der Waals surface area contributed by atoms with Crippen LogP contribution < -0.4 is 9.47 Å². The molecule has 0 spiro atoms. The van der Waals surface area contributed by atoms with E-state index in [1.54, 1.807) is 25.1 Å². The monoisotopic (exact) mass is 278 g/mol. The van der Waals surface area contributed by atoms with Gasteiger partial charge in [-0.05, 0) is 31.0 Å². The van der Waals surface area contributed by atoms with E-state index in [2.05, 4.69) is 0 Å². The van der Waals surface area contributed by atoms with Crippen molar-refractivity contribution in [3.05, 3.63) is 23.8 Å². The molecule has 0 radical (unpaired) electrons. The third-order valence-electron chi connectivity index (χ3n) is 2.35. The number of aliphatic hydroxyl groups is 1. The number of hydrogen-bond donors (Lipinski definition) is 1. The van der Waals surface area contributed by atoms with E-state index in [4.69, 9.17) is 14.6 Å². The molecule has 0 saturated carbocycles. The second-order valence-electron chi connectivity index (χ2n) is 3.94. The summed E-state index contributed by atoms with van der Waals surface area (Å²) in [6, 6.07) is 4.84. The molecule has 0 aliphatic carbocycles. The number of hydrogen-bond acceptors (Lipinski definition) is 3. The van der Waals surface area contributed by atoms with Crippen molar-refractivity contribution in [2.24, 2.45) is 0 Å². The van der Waals surface area contributed by atoms with Crippen molar-refractivity contribution >= 4 is 0 Å². The Morgan fingerprint density at radius 3 is 2.47 bits per heavy atom. The van der Waals surface area contributed by atoms with Crippen LogP contribution in [0.2, 0.25) is 0 Å². The Labute approximate surface area is 110 Å². The predicted octanol–water partition coefficient (Wildman–Crippen LogP) is 3.30. The Balaban J connectivity index is 2.56. The minimum Gasteiger partial charge on any atom is -0.490 e. The normalized spacial score (nSPS) is 11.4. The summed E-state index contributed by atoms with van der Waals surface area (Å²) in [6.07, 6.45) is -5.13. The van der Waals surface area contributed by atoms with Gasteiger partial charge in [0.2, 0.25) is 0 Å². The second-order valence-corrected chi connectivity index (χ2v) is 3.94. The average molecular weight is 278 g/mol. The summed E-state index contributed by atoms with van der Waals surface area (Å²) in [5, 5.41) is 9.00. The van der Waals surface area contributed by atoms with Crippen LogP contribution in [-0.2, 0) is 6.61 Å². The largest absolute Gasteiger partial charge is 0.490 e. The van der Waals surface area contributed by atoms with Gasteiger partial charge in [-0.25, -0.2) is 0 Å². The minimum atomic E-state index is -4.16. The lowest BCUT2D eigenvalue weighted by Gasteiger charge is -2.13. The molecule has 3 nitrogen and oxygen atoms in total. The first-order chi connectivity index (χ1) is 8.96. The van der Waals surface area contributed by atoms with Crippen LogP contribution in [0.15, 0.2) is 18.2 Å². The lowest BCUT2D eigenvalue weighted by atomic mass is 10.2. The van der Waals surface area contributed by atoms with Crippen LogP contribution in [0.1, 0.15) is 25.3 Å². The van der Waals surface area contributed by atoms with E-state index in [1.165, 1.54) is 0 Å². The van der Waals surface area contributed by atoms with Crippen LogP contribution in [0, 0.1) is 0 Å². The molecule has 108 valence electrons. The van der Waals surface area contributed by atoms with Gasteiger partial charge in [-0.3, -0.25) is 0 Å². The number of aliphatic hydroxyl groups excluding tert-OH is 1. The average Bonchev–Trinajstić information content (AvgIpc) is 2.35. The fraction of sp³-hybridized carbons (Fsp3) is 0.538. The van der Waals surface area contributed by atoms with Gasteiger partial charge in [-0.1, -0.05) is 6.07 Å². The summed E-state index contributed by atoms with van der Waals surface area (Å²) in [5.41, 5.74) is 0.658. The molecule has 0 bridgehead atoms. The van der Waals surface area contributed by atoms with E-state index in [9.17, 15) is 13.2 Å². The predicted molar refractivity (Wildman–Crippen MR) is 64.3 cm³/mol. The van der Waals surface area contributed by atoms with Crippen LogP contribution >= 0.6 is 0 Å². The van der Waals surface area contributed by atoms with Gasteiger partial charge in [0.25, 0.3) is 0 Å². The van der Waals surface area contributed by atoms with Crippen molar-refractivity contribution in [1.82, 2.24) is 0 Å². The molecular weight excluding hydrogens is 261 g/mol. The second kappa shape index (κ2) is 7.23. The standard InChI is InChI=1S/C13H17F3O3/c1-2-18-12-8-10(9-17)4-5-11(12)19-7-3-6-13(14,15)16/h4-5,8,17H,2-3,6-7,9H2,1H3. The lowest BCUT2D eigenvalue weighted by Crippen LogP contribution is -2.10. The van der Waals surface area contributed by atoms with Gasteiger partial charge in [-0.2, -0.15) is 13.2 Å². The van der Waals surface area contributed by atoms with Crippen molar-refractivity contribution in [2.75, 3.05) is 13.2 Å². The third kappa shape index (κ3) is 5.83. The summed E-state index contributed by atoms with van der Waals surface area (Å²) in [7, 11) is 0. The fourth-order valence-corrected chi connectivity index (χ4v) is 1.49. The highest BCUT2D eigenvalue weighted by Crippen LogP contribution is 2.29. The van der Waals surface area contributed by atoms with Crippen molar-refractivity contribution < 1.29 is 27.8 Å². The van der Waals surface area contributed by atoms with Crippen molar-refractivity contribution in [3.8, 4) is 11.5 Å². The van der Waals surface area contributed by atoms with Crippen LogP contribution in [0.5, 0.6) is 11.5 Å².